The number of aromatic amines is 1. The third-order valence-corrected chi connectivity index (χ3v) is 3.82. The van der Waals surface area contributed by atoms with Gasteiger partial charge in [-0.2, -0.15) is 5.26 Å². The first-order valence-electron chi connectivity index (χ1n) is 5.28. The number of hydrogen-bond donors (Lipinski definition) is 1. The maximum absolute atomic E-state index is 9.07. The molecule has 4 nitrogen and oxygen atoms in total. The number of fused-ring (bicyclic) bond motifs is 1. The molecular weight excluding hydrogens is 264 g/mol. The molecule has 1 N–H and O–H groups in total. The SMILES string of the molecule is N#Cc1cccc2c1[nH]c(=S)n2Cc1cncs1. The summed E-state index contributed by atoms with van der Waals surface area (Å²) in [5, 5.41) is 9.07. The Bertz CT molecular complexity index is 790. The summed E-state index contributed by atoms with van der Waals surface area (Å²) in [6, 6.07) is 7.78. The average Bonchev–Trinajstić information content (AvgIpc) is 2.99. The van der Waals surface area contributed by atoms with E-state index in [1.807, 2.05) is 22.9 Å². The molecule has 0 atom stereocenters. The van der Waals surface area contributed by atoms with E-state index in [1.54, 1.807) is 22.9 Å². The van der Waals surface area contributed by atoms with Crippen molar-refractivity contribution in [3.8, 4) is 6.07 Å². The van der Waals surface area contributed by atoms with Crippen LogP contribution >= 0.6 is 23.6 Å². The lowest BCUT2D eigenvalue weighted by atomic mass is 10.2. The normalized spacial score (nSPS) is 10.6. The average molecular weight is 272 g/mol. The summed E-state index contributed by atoms with van der Waals surface area (Å²) in [6.45, 7) is 0.679. The zero-order valence-corrected chi connectivity index (χ0v) is 10.9. The van der Waals surface area contributed by atoms with Crippen molar-refractivity contribution in [2.75, 3.05) is 0 Å². The van der Waals surface area contributed by atoms with Gasteiger partial charge in [-0.15, -0.1) is 11.3 Å². The molecule has 0 bridgehead atoms. The van der Waals surface area contributed by atoms with Gasteiger partial charge in [0.05, 0.1) is 28.7 Å². The number of nitrogens with zero attached hydrogens (tertiary/aromatic N) is 3. The molecule has 2 heterocycles. The standard InChI is InChI=1S/C12H8N4S2/c13-4-8-2-1-3-10-11(8)15-12(17)16(10)6-9-5-14-7-18-9/h1-3,5,7H,6H2,(H,15,17). The minimum absolute atomic E-state index is 0.613. The molecule has 3 rings (SSSR count). The predicted octanol–water partition coefficient (Wildman–Crippen LogP) is 3.08. The topological polar surface area (TPSA) is 57.4 Å². The molecule has 0 radical (unpaired) electrons. The van der Waals surface area contributed by atoms with Crippen molar-refractivity contribution in [1.82, 2.24) is 14.5 Å². The van der Waals surface area contributed by atoms with Gasteiger partial charge in [0.2, 0.25) is 0 Å². The van der Waals surface area contributed by atoms with Gasteiger partial charge < -0.3 is 9.55 Å². The number of thiazole rings is 1. The van der Waals surface area contributed by atoms with Gasteiger partial charge in [0, 0.05) is 11.1 Å². The molecule has 0 fully saturated rings. The second kappa shape index (κ2) is 4.37. The van der Waals surface area contributed by atoms with E-state index < -0.39 is 0 Å². The minimum Gasteiger partial charge on any atom is -0.329 e. The van der Waals surface area contributed by atoms with E-state index in [2.05, 4.69) is 16.0 Å². The predicted molar refractivity (Wildman–Crippen MR) is 73.1 cm³/mol. The van der Waals surface area contributed by atoms with Crippen molar-refractivity contribution in [1.29, 1.82) is 5.26 Å². The maximum Gasteiger partial charge on any atom is 0.178 e. The van der Waals surface area contributed by atoms with Crippen molar-refractivity contribution < 1.29 is 0 Å². The van der Waals surface area contributed by atoms with Crippen LogP contribution in [0, 0.1) is 16.1 Å². The number of rotatable bonds is 2. The highest BCUT2D eigenvalue weighted by Gasteiger charge is 2.08. The molecule has 0 spiro atoms. The Morgan fingerprint density at radius 2 is 2.39 bits per heavy atom. The van der Waals surface area contributed by atoms with Crippen LogP contribution in [0.5, 0.6) is 0 Å². The van der Waals surface area contributed by atoms with Crippen LogP contribution in [0.4, 0.5) is 0 Å². The van der Waals surface area contributed by atoms with Gasteiger partial charge in [-0.05, 0) is 24.4 Å². The van der Waals surface area contributed by atoms with Gasteiger partial charge in [-0.25, -0.2) is 0 Å². The number of nitriles is 1. The van der Waals surface area contributed by atoms with Crippen LogP contribution in [-0.2, 0) is 6.54 Å². The fourth-order valence-corrected chi connectivity index (χ4v) is 2.75. The Hall–Kier alpha value is -1.97. The molecule has 2 aromatic heterocycles. The molecule has 0 saturated carbocycles. The summed E-state index contributed by atoms with van der Waals surface area (Å²) in [6.07, 6.45) is 1.83. The van der Waals surface area contributed by atoms with E-state index in [4.69, 9.17) is 17.5 Å². The Kier molecular flexibility index (Phi) is 2.70. The molecule has 0 saturated heterocycles. The molecule has 0 aliphatic carbocycles. The lowest BCUT2D eigenvalue weighted by molar-refractivity contribution is 0.821. The van der Waals surface area contributed by atoms with Crippen LogP contribution < -0.4 is 0 Å². The van der Waals surface area contributed by atoms with Gasteiger partial charge in [0.1, 0.15) is 6.07 Å². The van der Waals surface area contributed by atoms with Crippen molar-refractivity contribution in [2.24, 2.45) is 0 Å². The molecule has 1 aromatic carbocycles. The third kappa shape index (κ3) is 1.74. The summed E-state index contributed by atoms with van der Waals surface area (Å²) < 4.78 is 2.61. The summed E-state index contributed by atoms with van der Waals surface area (Å²) in [7, 11) is 0. The Morgan fingerprint density at radius 3 is 3.11 bits per heavy atom. The van der Waals surface area contributed by atoms with Gasteiger partial charge in [0.25, 0.3) is 0 Å². The molecule has 0 aliphatic rings. The number of H-pyrrole nitrogens is 1. The van der Waals surface area contributed by atoms with Crippen molar-refractivity contribution in [3.63, 3.8) is 0 Å². The van der Waals surface area contributed by atoms with E-state index in [9.17, 15) is 0 Å². The van der Waals surface area contributed by atoms with Crippen LogP contribution in [0.15, 0.2) is 29.9 Å². The van der Waals surface area contributed by atoms with Gasteiger partial charge in [-0.3, -0.25) is 4.98 Å². The zero-order chi connectivity index (χ0) is 12.5. The number of para-hydroxylation sites is 1. The van der Waals surface area contributed by atoms with Crippen molar-refractivity contribution in [2.45, 2.75) is 6.54 Å². The summed E-state index contributed by atoms with van der Waals surface area (Å²) >= 11 is 6.91. The van der Waals surface area contributed by atoms with E-state index in [-0.39, 0.29) is 0 Å². The quantitative estimate of drug-likeness (QED) is 0.729. The second-order valence-electron chi connectivity index (χ2n) is 3.80. The number of aromatic nitrogens is 3. The molecule has 0 aliphatic heterocycles. The van der Waals surface area contributed by atoms with E-state index in [1.165, 1.54) is 0 Å². The molecule has 0 unspecified atom stereocenters. The lowest BCUT2D eigenvalue weighted by Gasteiger charge is -2.01. The number of imidazole rings is 1. The molecular formula is C12H8N4S2. The highest BCUT2D eigenvalue weighted by atomic mass is 32.1. The maximum atomic E-state index is 9.07. The van der Waals surface area contributed by atoms with Crippen LogP contribution in [0.2, 0.25) is 0 Å². The smallest absolute Gasteiger partial charge is 0.178 e. The van der Waals surface area contributed by atoms with E-state index in [0.29, 0.717) is 16.9 Å². The largest absolute Gasteiger partial charge is 0.329 e. The minimum atomic E-state index is 0.613. The van der Waals surface area contributed by atoms with E-state index >= 15 is 0 Å². The molecule has 6 heteroatoms. The summed E-state index contributed by atoms with van der Waals surface area (Å²) in [5.74, 6) is 0. The Labute approximate surface area is 112 Å². The Balaban J connectivity index is 2.21. The molecule has 18 heavy (non-hydrogen) atoms. The first-order chi connectivity index (χ1) is 8.79. The first kappa shape index (κ1) is 11.1. The zero-order valence-electron chi connectivity index (χ0n) is 9.25. The van der Waals surface area contributed by atoms with Crippen LogP contribution in [0.1, 0.15) is 10.4 Å². The van der Waals surface area contributed by atoms with Crippen LogP contribution in [-0.4, -0.2) is 14.5 Å². The number of benzene rings is 1. The molecule has 3 aromatic rings. The van der Waals surface area contributed by atoms with Gasteiger partial charge in [-0.1, -0.05) is 6.07 Å². The monoisotopic (exact) mass is 272 g/mol. The fourth-order valence-electron chi connectivity index (χ4n) is 1.91. The van der Waals surface area contributed by atoms with Gasteiger partial charge >= 0.3 is 0 Å². The fraction of sp³-hybridized carbons (Fsp3) is 0.0833. The number of nitrogens with one attached hydrogen (secondary N) is 1. The highest BCUT2D eigenvalue weighted by molar-refractivity contribution is 7.71. The van der Waals surface area contributed by atoms with Crippen LogP contribution in [0.25, 0.3) is 11.0 Å². The van der Waals surface area contributed by atoms with Crippen molar-refractivity contribution in [3.05, 3.63) is 45.1 Å². The summed E-state index contributed by atoms with van der Waals surface area (Å²) in [4.78, 5) is 8.29. The lowest BCUT2D eigenvalue weighted by Crippen LogP contribution is -1.97. The third-order valence-electron chi connectivity index (χ3n) is 2.73. The van der Waals surface area contributed by atoms with Crippen molar-refractivity contribution >= 4 is 34.6 Å². The second-order valence-corrected chi connectivity index (χ2v) is 5.15. The van der Waals surface area contributed by atoms with E-state index in [0.717, 1.165) is 15.9 Å². The van der Waals surface area contributed by atoms with Crippen LogP contribution in [0.3, 0.4) is 0 Å². The molecule has 0 amide bonds. The Morgan fingerprint density at radius 1 is 1.50 bits per heavy atom. The van der Waals surface area contributed by atoms with Gasteiger partial charge in [0.15, 0.2) is 4.77 Å². The first-order valence-corrected chi connectivity index (χ1v) is 6.57. The summed E-state index contributed by atoms with van der Waals surface area (Å²) in [5.41, 5.74) is 4.16. The highest BCUT2D eigenvalue weighted by Crippen LogP contribution is 2.20. The molecule has 88 valence electrons. The number of hydrogen-bond acceptors (Lipinski definition) is 4.